The van der Waals surface area contributed by atoms with Gasteiger partial charge in [-0.05, 0) is 48.6 Å². The molecule has 182 valence electrons. The number of hydrogen-bond donors (Lipinski definition) is 3. The molecule has 9 nitrogen and oxygen atoms in total. The summed E-state index contributed by atoms with van der Waals surface area (Å²) < 4.78 is 53.0. The molecule has 1 aromatic carbocycles. The number of nitrogens with one attached hydrogen (secondary N) is 1. The zero-order valence-electron chi connectivity index (χ0n) is 18.0. The molecule has 0 saturated heterocycles. The Labute approximate surface area is 211 Å². The summed E-state index contributed by atoms with van der Waals surface area (Å²) in [5.41, 5.74) is 7.30. The fourth-order valence-electron chi connectivity index (χ4n) is 3.73. The number of halogens is 1. The van der Waals surface area contributed by atoms with E-state index in [0.717, 1.165) is 10.1 Å². The summed E-state index contributed by atoms with van der Waals surface area (Å²) in [5, 5.41) is 5.95. The Morgan fingerprint density at radius 3 is 2.57 bits per heavy atom. The van der Waals surface area contributed by atoms with Gasteiger partial charge >= 0.3 is 0 Å². The molecule has 1 unspecified atom stereocenters. The Bertz CT molecular complexity index is 1670. The number of thiophene rings is 1. The summed E-state index contributed by atoms with van der Waals surface area (Å²) in [7, 11) is -7.52. The molecular formula is C22H20ClN5O4S3. The highest BCUT2D eigenvalue weighted by molar-refractivity contribution is 7.90. The lowest BCUT2D eigenvalue weighted by atomic mass is 10.1. The molecule has 0 aliphatic heterocycles. The first-order valence-electron chi connectivity index (χ1n) is 10.5. The number of aromatic nitrogens is 2. The second kappa shape index (κ2) is 8.80. The topological polar surface area (TPSA) is 158 Å². The predicted molar refractivity (Wildman–Crippen MR) is 137 cm³/mol. The van der Waals surface area contributed by atoms with Crippen LogP contribution in [0.1, 0.15) is 29.5 Å². The molecular weight excluding hydrogens is 530 g/mol. The van der Waals surface area contributed by atoms with Gasteiger partial charge in [-0.15, -0.1) is 11.3 Å². The van der Waals surface area contributed by atoms with Crippen LogP contribution in [0.15, 0.2) is 59.6 Å². The van der Waals surface area contributed by atoms with Gasteiger partial charge in [0.15, 0.2) is 0 Å². The van der Waals surface area contributed by atoms with Gasteiger partial charge in [-0.25, -0.2) is 31.7 Å². The fourth-order valence-corrected chi connectivity index (χ4v) is 7.30. The summed E-state index contributed by atoms with van der Waals surface area (Å²) in [6, 6.07) is 12.4. The van der Waals surface area contributed by atoms with Crippen molar-refractivity contribution >= 4 is 58.9 Å². The van der Waals surface area contributed by atoms with Crippen LogP contribution in [0.25, 0.3) is 21.3 Å². The number of rotatable bonds is 7. The lowest BCUT2D eigenvalue weighted by Gasteiger charge is -2.18. The normalized spacial score (nSPS) is 15.4. The second-order valence-corrected chi connectivity index (χ2v) is 13.2. The van der Waals surface area contributed by atoms with Crippen molar-refractivity contribution in [1.29, 1.82) is 0 Å². The lowest BCUT2D eigenvalue weighted by Crippen LogP contribution is -2.32. The maximum Gasteiger partial charge on any atom is 0.238 e. The smallest absolute Gasteiger partial charge is 0.238 e. The van der Waals surface area contributed by atoms with Crippen LogP contribution in [0.3, 0.4) is 0 Å². The van der Waals surface area contributed by atoms with E-state index in [2.05, 4.69) is 14.7 Å². The number of hydrogen-bond acceptors (Lipinski definition) is 8. The number of pyridine rings is 2. The molecule has 0 radical (unpaired) electrons. The molecule has 5 N–H and O–H groups in total. The average molecular weight is 550 g/mol. The molecule has 0 amide bonds. The Kier molecular flexibility index (Phi) is 6.06. The highest BCUT2D eigenvalue weighted by Crippen LogP contribution is 2.41. The first kappa shape index (κ1) is 24.1. The molecule has 1 saturated carbocycles. The van der Waals surface area contributed by atoms with E-state index in [4.69, 9.17) is 22.5 Å². The van der Waals surface area contributed by atoms with E-state index in [9.17, 15) is 16.8 Å². The lowest BCUT2D eigenvalue weighted by molar-refractivity contribution is 0.570. The zero-order chi connectivity index (χ0) is 25.0. The molecule has 1 fully saturated rings. The Morgan fingerprint density at radius 2 is 1.86 bits per heavy atom. The van der Waals surface area contributed by atoms with Crippen LogP contribution in [0.5, 0.6) is 0 Å². The molecule has 1 aliphatic rings. The minimum Gasteiger partial charge on any atom is -0.384 e. The molecule has 0 spiro atoms. The quantitative estimate of drug-likeness (QED) is 0.318. The summed E-state index contributed by atoms with van der Waals surface area (Å²) in [6.45, 7) is 0. The van der Waals surface area contributed by atoms with Gasteiger partial charge < -0.3 is 5.73 Å². The number of sulfonamides is 2. The highest BCUT2D eigenvalue weighted by atomic mass is 35.5. The molecule has 1 atom stereocenters. The maximum absolute atomic E-state index is 12.9. The number of primary sulfonamides is 1. The van der Waals surface area contributed by atoms with Crippen molar-refractivity contribution in [2.75, 3.05) is 5.73 Å². The van der Waals surface area contributed by atoms with Crippen molar-refractivity contribution in [2.24, 2.45) is 5.14 Å². The van der Waals surface area contributed by atoms with Gasteiger partial charge in [0.1, 0.15) is 5.82 Å². The van der Waals surface area contributed by atoms with Crippen molar-refractivity contribution in [3.63, 3.8) is 0 Å². The number of nitrogen functional groups attached to an aromatic ring is 1. The van der Waals surface area contributed by atoms with E-state index in [0.29, 0.717) is 34.7 Å². The molecule has 13 heteroatoms. The SMILES string of the molecule is Nc1ccc(Cl)c(C(NS(=O)(=O)C2CC2)c2cc3cccc(-c4cc(S(N)(=O)=O)ccn4)c3s2)n1. The van der Waals surface area contributed by atoms with Gasteiger partial charge in [-0.3, -0.25) is 4.98 Å². The average Bonchev–Trinajstić information content (AvgIpc) is 3.58. The van der Waals surface area contributed by atoms with Crippen LogP contribution in [0.2, 0.25) is 5.02 Å². The van der Waals surface area contributed by atoms with E-state index in [1.165, 1.54) is 29.7 Å². The number of benzene rings is 1. The summed E-state index contributed by atoms with van der Waals surface area (Å²) in [4.78, 5) is 9.26. The maximum atomic E-state index is 12.9. The summed E-state index contributed by atoms with van der Waals surface area (Å²) >= 11 is 7.76. The minimum absolute atomic E-state index is 0.0536. The van der Waals surface area contributed by atoms with Crippen molar-refractivity contribution < 1.29 is 16.8 Å². The van der Waals surface area contributed by atoms with E-state index in [-0.39, 0.29) is 15.7 Å². The summed E-state index contributed by atoms with van der Waals surface area (Å²) in [6.07, 6.45) is 2.58. The van der Waals surface area contributed by atoms with Gasteiger partial charge in [0.2, 0.25) is 20.0 Å². The largest absolute Gasteiger partial charge is 0.384 e. The number of anilines is 1. The molecule has 35 heavy (non-hydrogen) atoms. The molecule has 3 aromatic heterocycles. The van der Waals surface area contributed by atoms with Crippen LogP contribution < -0.4 is 15.6 Å². The van der Waals surface area contributed by atoms with Gasteiger partial charge in [0, 0.05) is 21.3 Å². The van der Waals surface area contributed by atoms with E-state index in [1.54, 1.807) is 12.1 Å². The van der Waals surface area contributed by atoms with Crippen molar-refractivity contribution in [1.82, 2.24) is 14.7 Å². The third-order valence-corrected chi connectivity index (χ3v) is 9.99. The molecule has 4 aromatic rings. The third kappa shape index (κ3) is 4.90. The molecule has 5 rings (SSSR count). The summed E-state index contributed by atoms with van der Waals surface area (Å²) in [5.74, 6) is 0.214. The molecule has 3 heterocycles. The standard InChI is InChI=1S/C22H20ClN5O4S3/c23-16-6-7-19(24)27-20(16)21(28-35(31,32)13-4-5-13)18-10-12-2-1-3-15(22(12)33-18)17-11-14(8-9-26-17)34(25,29)30/h1-3,6-11,13,21,28H,4-5H2,(H2,24,27)(H2,25,29,30). The van der Waals surface area contributed by atoms with Gasteiger partial charge in [-0.2, -0.15) is 0 Å². The van der Waals surface area contributed by atoms with Gasteiger partial charge in [0.25, 0.3) is 0 Å². The predicted octanol–water partition coefficient (Wildman–Crippen LogP) is 3.41. The fraction of sp³-hybridized carbons (Fsp3) is 0.182. The monoisotopic (exact) mass is 549 g/mol. The molecule has 1 aliphatic carbocycles. The number of nitrogens with zero attached hydrogens (tertiary/aromatic N) is 2. The van der Waals surface area contributed by atoms with Crippen molar-refractivity contribution in [3.05, 3.63) is 70.3 Å². The minimum atomic E-state index is -3.91. The Hall–Kier alpha value is -2.61. The van der Waals surface area contributed by atoms with Crippen LogP contribution >= 0.6 is 22.9 Å². The third-order valence-electron chi connectivity index (χ3n) is 5.60. The van der Waals surface area contributed by atoms with Crippen LogP contribution in [-0.4, -0.2) is 32.1 Å². The van der Waals surface area contributed by atoms with Crippen molar-refractivity contribution in [3.8, 4) is 11.3 Å². The van der Waals surface area contributed by atoms with E-state index >= 15 is 0 Å². The second-order valence-electron chi connectivity index (χ2n) is 8.19. The Morgan fingerprint density at radius 1 is 1.09 bits per heavy atom. The first-order chi connectivity index (χ1) is 16.5. The highest BCUT2D eigenvalue weighted by Gasteiger charge is 2.38. The van der Waals surface area contributed by atoms with Gasteiger partial charge in [-0.1, -0.05) is 29.8 Å². The zero-order valence-corrected chi connectivity index (χ0v) is 21.3. The van der Waals surface area contributed by atoms with E-state index in [1.807, 2.05) is 24.3 Å². The van der Waals surface area contributed by atoms with Crippen LogP contribution in [0, 0.1) is 0 Å². The molecule has 0 bridgehead atoms. The van der Waals surface area contributed by atoms with Crippen LogP contribution in [-0.2, 0) is 20.0 Å². The van der Waals surface area contributed by atoms with E-state index < -0.39 is 31.3 Å². The first-order valence-corrected chi connectivity index (χ1v) is 14.8. The van der Waals surface area contributed by atoms with Crippen molar-refractivity contribution in [2.45, 2.75) is 29.0 Å². The van der Waals surface area contributed by atoms with Gasteiger partial charge in [0.05, 0.1) is 32.6 Å². The number of nitrogens with two attached hydrogens (primary N) is 2. The van der Waals surface area contributed by atoms with Crippen LogP contribution in [0.4, 0.5) is 5.82 Å². The Balaban J connectivity index is 1.66. The number of fused-ring (bicyclic) bond motifs is 1.